The highest BCUT2D eigenvalue weighted by molar-refractivity contribution is 5.73. The number of esters is 1. The van der Waals surface area contributed by atoms with Gasteiger partial charge in [0.15, 0.2) is 0 Å². The molecule has 0 radical (unpaired) electrons. The number of benzene rings is 1. The quantitative estimate of drug-likeness (QED) is 0.372. The molecule has 9 nitrogen and oxygen atoms in total. The monoisotopic (exact) mass is 309 g/mol. The predicted octanol–water partition coefficient (Wildman–Crippen LogP) is 0.189. The Morgan fingerprint density at radius 1 is 1.36 bits per heavy atom. The summed E-state index contributed by atoms with van der Waals surface area (Å²) in [4.78, 5) is 45.8. The van der Waals surface area contributed by atoms with E-state index in [9.17, 15) is 28.9 Å². The van der Waals surface area contributed by atoms with Crippen molar-refractivity contribution in [2.45, 2.75) is 6.54 Å². The lowest BCUT2D eigenvalue weighted by Gasteiger charge is -2.06. The van der Waals surface area contributed by atoms with E-state index in [4.69, 9.17) is 4.74 Å². The van der Waals surface area contributed by atoms with Crippen molar-refractivity contribution in [2.24, 2.45) is 0 Å². The van der Waals surface area contributed by atoms with Crippen molar-refractivity contribution in [3.05, 3.63) is 67.2 Å². The van der Waals surface area contributed by atoms with E-state index >= 15 is 0 Å². The Balaban J connectivity index is 2.22. The lowest BCUT2D eigenvalue weighted by atomic mass is 10.3. The molecule has 2 aromatic rings. The molecule has 0 aliphatic heterocycles. The van der Waals surface area contributed by atoms with E-state index in [1.807, 2.05) is 4.98 Å². The zero-order valence-electron chi connectivity index (χ0n) is 10.8. The Morgan fingerprint density at radius 3 is 2.73 bits per heavy atom. The van der Waals surface area contributed by atoms with Gasteiger partial charge in [0.1, 0.15) is 12.4 Å². The molecule has 0 fully saturated rings. The number of hydrogen-bond donors (Lipinski definition) is 1. The molecule has 22 heavy (non-hydrogen) atoms. The van der Waals surface area contributed by atoms with Crippen LogP contribution in [0.3, 0.4) is 0 Å². The van der Waals surface area contributed by atoms with Gasteiger partial charge >= 0.3 is 17.3 Å². The largest absolute Gasteiger partial charge is 0.418 e. The van der Waals surface area contributed by atoms with Gasteiger partial charge in [0, 0.05) is 24.4 Å². The first-order chi connectivity index (χ1) is 10.4. The molecular formula is C12H8FN3O6. The van der Waals surface area contributed by atoms with Crippen LogP contribution in [0.5, 0.6) is 5.75 Å². The molecule has 1 aromatic heterocycles. The summed E-state index contributed by atoms with van der Waals surface area (Å²) >= 11 is 0. The molecule has 1 heterocycles. The molecule has 0 spiro atoms. The number of nitro groups is 1. The lowest BCUT2D eigenvalue weighted by molar-refractivity contribution is -0.385. The first-order valence-electron chi connectivity index (χ1n) is 5.81. The molecule has 0 saturated heterocycles. The first kappa shape index (κ1) is 15.1. The summed E-state index contributed by atoms with van der Waals surface area (Å²) in [6.07, 6.45) is 1.06. The molecule has 1 N–H and O–H groups in total. The normalized spacial score (nSPS) is 10.2. The van der Waals surface area contributed by atoms with Gasteiger partial charge in [0.25, 0.3) is 5.56 Å². The number of aromatic nitrogens is 2. The van der Waals surface area contributed by atoms with Crippen LogP contribution in [0.2, 0.25) is 0 Å². The van der Waals surface area contributed by atoms with E-state index in [-0.39, 0.29) is 0 Å². The highest BCUT2D eigenvalue weighted by Crippen LogP contribution is 2.27. The summed E-state index contributed by atoms with van der Waals surface area (Å²) < 4.78 is 18.6. The van der Waals surface area contributed by atoms with Crippen LogP contribution in [-0.4, -0.2) is 20.4 Å². The average molecular weight is 309 g/mol. The summed E-state index contributed by atoms with van der Waals surface area (Å²) in [5, 5.41) is 10.8. The van der Waals surface area contributed by atoms with E-state index in [0.29, 0.717) is 6.07 Å². The number of carbonyl (C=O) groups is 1. The summed E-state index contributed by atoms with van der Waals surface area (Å²) in [5.74, 6) is -2.44. The standard InChI is InChI=1S/C12H8FN3O6/c13-7-1-2-8(16(20)21)9(5-7)22-11(18)6-15-4-3-10(17)14-12(15)19/h1-5H,6H2,(H,14,17,19). The van der Waals surface area contributed by atoms with Crippen LogP contribution < -0.4 is 16.0 Å². The fraction of sp³-hybridized carbons (Fsp3) is 0.0833. The van der Waals surface area contributed by atoms with Crippen molar-refractivity contribution in [3.8, 4) is 5.75 Å². The number of halogens is 1. The molecule has 0 atom stereocenters. The van der Waals surface area contributed by atoms with Crippen molar-refractivity contribution in [2.75, 3.05) is 0 Å². The van der Waals surface area contributed by atoms with Gasteiger partial charge in [-0.3, -0.25) is 24.5 Å². The Bertz CT molecular complexity index is 856. The third kappa shape index (κ3) is 3.42. The summed E-state index contributed by atoms with van der Waals surface area (Å²) in [6.45, 7) is -0.608. The third-order valence-corrected chi connectivity index (χ3v) is 2.54. The van der Waals surface area contributed by atoms with Gasteiger partial charge in [-0.25, -0.2) is 14.0 Å². The molecule has 114 valence electrons. The van der Waals surface area contributed by atoms with Crippen molar-refractivity contribution in [1.29, 1.82) is 0 Å². The zero-order chi connectivity index (χ0) is 16.3. The Morgan fingerprint density at radius 2 is 2.09 bits per heavy atom. The maximum absolute atomic E-state index is 13.1. The number of nitrogens with zero attached hydrogens (tertiary/aromatic N) is 2. The van der Waals surface area contributed by atoms with Crippen LogP contribution in [0, 0.1) is 15.9 Å². The van der Waals surface area contributed by atoms with Crippen LogP contribution in [-0.2, 0) is 11.3 Å². The van der Waals surface area contributed by atoms with Gasteiger partial charge in [-0.15, -0.1) is 0 Å². The number of ether oxygens (including phenoxy) is 1. The minimum absolute atomic E-state index is 0.576. The van der Waals surface area contributed by atoms with Crippen LogP contribution in [0.1, 0.15) is 0 Å². The SMILES string of the molecule is O=C(Cn1ccc(=O)[nH]c1=O)Oc1cc(F)ccc1[N+](=O)[O-]. The Kier molecular flexibility index (Phi) is 4.11. The molecule has 0 aliphatic rings. The second-order valence-corrected chi connectivity index (χ2v) is 4.08. The van der Waals surface area contributed by atoms with E-state index in [1.165, 1.54) is 0 Å². The molecule has 0 saturated carbocycles. The van der Waals surface area contributed by atoms with Gasteiger partial charge < -0.3 is 4.74 Å². The zero-order valence-corrected chi connectivity index (χ0v) is 10.8. The molecule has 2 rings (SSSR count). The number of nitrogens with one attached hydrogen (secondary N) is 1. The first-order valence-corrected chi connectivity index (χ1v) is 5.81. The predicted molar refractivity (Wildman–Crippen MR) is 70.0 cm³/mol. The number of nitro benzene ring substituents is 1. The minimum Gasteiger partial charge on any atom is -0.418 e. The van der Waals surface area contributed by atoms with Crippen LogP contribution >= 0.6 is 0 Å². The Labute approximate surface area is 120 Å². The van der Waals surface area contributed by atoms with Crippen molar-refractivity contribution in [1.82, 2.24) is 9.55 Å². The summed E-state index contributed by atoms with van der Waals surface area (Å²) in [5.41, 5.74) is -2.09. The average Bonchev–Trinajstić information content (AvgIpc) is 2.41. The summed E-state index contributed by atoms with van der Waals surface area (Å²) in [6, 6.07) is 3.40. The lowest BCUT2D eigenvalue weighted by Crippen LogP contribution is -2.32. The van der Waals surface area contributed by atoms with Crippen LogP contribution in [0.25, 0.3) is 0 Å². The fourth-order valence-electron chi connectivity index (χ4n) is 1.58. The molecule has 1 aromatic carbocycles. The van der Waals surface area contributed by atoms with Gasteiger partial charge in [-0.1, -0.05) is 0 Å². The second kappa shape index (κ2) is 5.99. The maximum atomic E-state index is 13.1. The van der Waals surface area contributed by atoms with E-state index in [0.717, 1.165) is 29.0 Å². The molecule has 0 aliphatic carbocycles. The number of carbonyl (C=O) groups excluding carboxylic acids is 1. The third-order valence-electron chi connectivity index (χ3n) is 2.54. The topological polar surface area (TPSA) is 124 Å². The number of rotatable bonds is 4. The fourth-order valence-corrected chi connectivity index (χ4v) is 1.58. The molecule has 0 bridgehead atoms. The van der Waals surface area contributed by atoms with Crippen LogP contribution in [0.4, 0.5) is 10.1 Å². The van der Waals surface area contributed by atoms with Gasteiger partial charge in [-0.05, 0) is 6.07 Å². The molecule has 0 unspecified atom stereocenters. The molecule has 10 heteroatoms. The smallest absolute Gasteiger partial charge is 0.331 e. The van der Waals surface area contributed by atoms with Crippen molar-refractivity contribution in [3.63, 3.8) is 0 Å². The highest BCUT2D eigenvalue weighted by Gasteiger charge is 2.19. The van der Waals surface area contributed by atoms with Gasteiger partial charge in [0.2, 0.25) is 5.75 Å². The van der Waals surface area contributed by atoms with E-state index < -0.39 is 45.9 Å². The van der Waals surface area contributed by atoms with Gasteiger partial charge in [-0.2, -0.15) is 0 Å². The van der Waals surface area contributed by atoms with E-state index in [1.54, 1.807) is 0 Å². The second-order valence-electron chi connectivity index (χ2n) is 4.08. The molecular weight excluding hydrogens is 301 g/mol. The number of H-pyrrole nitrogens is 1. The number of hydrogen-bond acceptors (Lipinski definition) is 6. The minimum atomic E-state index is -1.04. The Hall–Kier alpha value is -3.30. The van der Waals surface area contributed by atoms with E-state index in [2.05, 4.69) is 0 Å². The van der Waals surface area contributed by atoms with Crippen molar-refractivity contribution < 1.29 is 18.8 Å². The molecule has 0 amide bonds. The van der Waals surface area contributed by atoms with Gasteiger partial charge in [0.05, 0.1) is 4.92 Å². The number of aromatic amines is 1. The van der Waals surface area contributed by atoms with Crippen molar-refractivity contribution >= 4 is 11.7 Å². The summed E-state index contributed by atoms with van der Waals surface area (Å²) in [7, 11) is 0. The maximum Gasteiger partial charge on any atom is 0.331 e. The highest BCUT2D eigenvalue weighted by atomic mass is 19.1. The van der Waals surface area contributed by atoms with Crippen LogP contribution in [0.15, 0.2) is 40.1 Å².